The van der Waals surface area contributed by atoms with E-state index in [0.717, 1.165) is 11.6 Å². The molecule has 14 heavy (non-hydrogen) atoms. The van der Waals surface area contributed by atoms with Crippen LogP contribution in [-0.2, 0) is 0 Å². The van der Waals surface area contributed by atoms with Crippen molar-refractivity contribution in [3.05, 3.63) is 11.6 Å². The maximum Gasteiger partial charge on any atom is 0.153 e. The van der Waals surface area contributed by atoms with Crippen LogP contribution in [0.1, 0.15) is 43.9 Å². The van der Waals surface area contributed by atoms with Crippen LogP contribution in [0.2, 0.25) is 0 Å². The van der Waals surface area contributed by atoms with E-state index in [1.54, 1.807) is 0 Å². The molecule has 5 nitrogen and oxygen atoms in total. The Balaban J connectivity index is 2.09. The Morgan fingerprint density at radius 2 is 2.29 bits per heavy atom. The molecule has 1 fully saturated rings. The first kappa shape index (κ1) is 9.61. The molecule has 0 amide bonds. The molecule has 1 aliphatic heterocycles. The summed E-state index contributed by atoms with van der Waals surface area (Å²) in [7, 11) is 0. The van der Waals surface area contributed by atoms with E-state index in [9.17, 15) is 5.11 Å². The summed E-state index contributed by atoms with van der Waals surface area (Å²) in [6.45, 7) is 4.76. The number of H-pyrrole nitrogens is 1. The zero-order chi connectivity index (χ0) is 10.1. The van der Waals surface area contributed by atoms with Crippen LogP contribution >= 0.6 is 0 Å². The van der Waals surface area contributed by atoms with Gasteiger partial charge in [-0.2, -0.15) is 5.10 Å². The van der Waals surface area contributed by atoms with Crippen molar-refractivity contribution >= 4 is 0 Å². The second kappa shape index (κ2) is 3.67. The Hall–Kier alpha value is -0.940. The van der Waals surface area contributed by atoms with E-state index in [1.165, 1.54) is 0 Å². The third kappa shape index (κ3) is 1.78. The number of nitrogens with zero attached hydrogens (tertiary/aromatic N) is 2. The van der Waals surface area contributed by atoms with E-state index in [4.69, 9.17) is 0 Å². The van der Waals surface area contributed by atoms with Crippen molar-refractivity contribution in [2.45, 2.75) is 38.3 Å². The molecule has 1 saturated heterocycles. The Morgan fingerprint density at radius 1 is 1.50 bits per heavy atom. The van der Waals surface area contributed by atoms with Crippen molar-refractivity contribution < 1.29 is 5.11 Å². The first-order valence-electron chi connectivity index (χ1n) is 5.00. The van der Waals surface area contributed by atoms with Crippen LogP contribution in [-0.4, -0.2) is 32.9 Å². The van der Waals surface area contributed by atoms with Crippen molar-refractivity contribution in [2.75, 3.05) is 6.54 Å². The normalized spacial score (nSPS) is 27.4. The quantitative estimate of drug-likeness (QED) is 0.637. The molecule has 2 rings (SSSR count). The molecule has 2 atom stereocenters. The Morgan fingerprint density at radius 3 is 2.79 bits per heavy atom. The van der Waals surface area contributed by atoms with Gasteiger partial charge in [-0.25, -0.2) is 4.98 Å². The number of aromatic nitrogens is 3. The fourth-order valence-electron chi connectivity index (χ4n) is 1.63. The second-order valence-electron chi connectivity index (χ2n) is 4.08. The summed E-state index contributed by atoms with van der Waals surface area (Å²) >= 11 is 0. The van der Waals surface area contributed by atoms with Crippen LogP contribution in [0.15, 0.2) is 0 Å². The third-order valence-corrected chi connectivity index (χ3v) is 2.47. The highest BCUT2D eigenvalue weighted by atomic mass is 16.3. The van der Waals surface area contributed by atoms with Crippen LogP contribution in [0.4, 0.5) is 0 Å². The summed E-state index contributed by atoms with van der Waals surface area (Å²) < 4.78 is 0. The topological polar surface area (TPSA) is 73.8 Å². The minimum absolute atomic E-state index is 0.130. The third-order valence-electron chi connectivity index (χ3n) is 2.47. The minimum Gasteiger partial charge on any atom is -0.392 e. The van der Waals surface area contributed by atoms with Crippen LogP contribution < -0.4 is 5.32 Å². The summed E-state index contributed by atoms with van der Waals surface area (Å²) in [6.07, 6.45) is 0.458. The van der Waals surface area contributed by atoms with Gasteiger partial charge in [0.25, 0.3) is 0 Å². The number of aromatic amines is 1. The monoisotopic (exact) mass is 196 g/mol. The molecule has 78 valence electrons. The Labute approximate surface area is 82.9 Å². The molecule has 2 heterocycles. The molecule has 0 spiro atoms. The number of aliphatic hydroxyl groups excluding tert-OH is 1. The summed E-state index contributed by atoms with van der Waals surface area (Å²) in [5.41, 5.74) is 0. The molecular weight excluding hydrogens is 180 g/mol. The molecule has 0 unspecified atom stereocenters. The first-order valence-corrected chi connectivity index (χ1v) is 5.00. The van der Waals surface area contributed by atoms with Crippen LogP contribution in [0.5, 0.6) is 0 Å². The molecule has 0 aliphatic carbocycles. The highest BCUT2D eigenvalue weighted by Gasteiger charge is 2.26. The van der Waals surface area contributed by atoms with Gasteiger partial charge >= 0.3 is 0 Å². The smallest absolute Gasteiger partial charge is 0.153 e. The van der Waals surface area contributed by atoms with Crippen molar-refractivity contribution in [1.82, 2.24) is 20.5 Å². The molecule has 0 radical (unpaired) electrons. The van der Waals surface area contributed by atoms with Gasteiger partial charge in [0, 0.05) is 12.5 Å². The SMILES string of the molecule is CC(C)c1n[nH]c([C@@H]2C[C@H](O)CN2)n1. The van der Waals surface area contributed by atoms with E-state index in [2.05, 4.69) is 34.3 Å². The highest BCUT2D eigenvalue weighted by Crippen LogP contribution is 2.21. The maximum absolute atomic E-state index is 9.35. The lowest BCUT2D eigenvalue weighted by Gasteiger charge is -2.04. The average Bonchev–Trinajstić information content (AvgIpc) is 2.70. The molecule has 0 bridgehead atoms. The fraction of sp³-hybridized carbons (Fsp3) is 0.778. The number of nitrogens with one attached hydrogen (secondary N) is 2. The predicted molar refractivity (Wildman–Crippen MR) is 51.8 cm³/mol. The van der Waals surface area contributed by atoms with E-state index in [0.29, 0.717) is 18.9 Å². The molecule has 1 aromatic heterocycles. The number of hydrogen-bond acceptors (Lipinski definition) is 4. The van der Waals surface area contributed by atoms with Crippen LogP contribution in [0.3, 0.4) is 0 Å². The summed E-state index contributed by atoms with van der Waals surface area (Å²) in [5.74, 6) is 2.01. The van der Waals surface area contributed by atoms with Crippen molar-refractivity contribution in [2.24, 2.45) is 0 Å². The lowest BCUT2D eigenvalue weighted by Crippen LogP contribution is -2.15. The van der Waals surface area contributed by atoms with Crippen LogP contribution in [0, 0.1) is 0 Å². The molecule has 3 N–H and O–H groups in total. The summed E-state index contributed by atoms with van der Waals surface area (Å²) in [5, 5.41) is 19.6. The van der Waals surface area contributed by atoms with E-state index in [-0.39, 0.29) is 12.1 Å². The van der Waals surface area contributed by atoms with Gasteiger partial charge in [0.1, 0.15) is 5.82 Å². The molecule has 5 heteroatoms. The Kier molecular flexibility index (Phi) is 2.52. The molecule has 1 aliphatic rings. The van der Waals surface area contributed by atoms with Gasteiger partial charge in [-0.3, -0.25) is 5.10 Å². The zero-order valence-electron chi connectivity index (χ0n) is 8.49. The van der Waals surface area contributed by atoms with Gasteiger partial charge in [-0.05, 0) is 6.42 Å². The van der Waals surface area contributed by atoms with Crippen molar-refractivity contribution in [3.8, 4) is 0 Å². The van der Waals surface area contributed by atoms with E-state index in [1.807, 2.05) is 0 Å². The standard InChI is InChI=1S/C9H16N4O/c1-5(2)8-11-9(13-12-8)7-3-6(14)4-10-7/h5-7,10,14H,3-4H2,1-2H3,(H,11,12,13)/t6-,7-/m0/s1. The summed E-state index contributed by atoms with van der Waals surface area (Å²) in [4.78, 5) is 4.39. The van der Waals surface area contributed by atoms with Crippen molar-refractivity contribution in [1.29, 1.82) is 0 Å². The van der Waals surface area contributed by atoms with Gasteiger partial charge < -0.3 is 10.4 Å². The zero-order valence-corrected chi connectivity index (χ0v) is 8.49. The Bertz CT molecular complexity index is 310. The van der Waals surface area contributed by atoms with Crippen LogP contribution in [0.25, 0.3) is 0 Å². The molecule has 0 aromatic carbocycles. The van der Waals surface area contributed by atoms with Gasteiger partial charge in [-0.15, -0.1) is 0 Å². The fourth-order valence-corrected chi connectivity index (χ4v) is 1.63. The number of hydrogen-bond donors (Lipinski definition) is 3. The van der Waals surface area contributed by atoms with Gasteiger partial charge in [-0.1, -0.05) is 13.8 Å². The van der Waals surface area contributed by atoms with E-state index < -0.39 is 0 Å². The molecule has 0 saturated carbocycles. The maximum atomic E-state index is 9.35. The molecular formula is C9H16N4O. The average molecular weight is 196 g/mol. The number of rotatable bonds is 2. The van der Waals surface area contributed by atoms with Crippen molar-refractivity contribution in [3.63, 3.8) is 0 Å². The lowest BCUT2D eigenvalue weighted by atomic mass is 10.2. The lowest BCUT2D eigenvalue weighted by molar-refractivity contribution is 0.193. The number of β-amino-alcohol motifs (C(OH)–C–C–N with tert-alkyl or cyclic N) is 1. The second-order valence-corrected chi connectivity index (χ2v) is 4.08. The first-order chi connectivity index (χ1) is 6.66. The molecule has 1 aromatic rings. The predicted octanol–water partition coefficient (Wildman–Crippen LogP) is 0.323. The summed E-state index contributed by atoms with van der Waals surface area (Å²) in [6, 6.07) is 0.130. The van der Waals surface area contributed by atoms with Gasteiger partial charge in [0.2, 0.25) is 0 Å². The minimum atomic E-state index is -0.257. The number of aliphatic hydroxyl groups is 1. The van der Waals surface area contributed by atoms with E-state index >= 15 is 0 Å². The van der Waals surface area contributed by atoms with Gasteiger partial charge in [0.05, 0.1) is 12.1 Å². The highest BCUT2D eigenvalue weighted by molar-refractivity contribution is 5.02. The van der Waals surface area contributed by atoms with Gasteiger partial charge in [0.15, 0.2) is 5.82 Å². The largest absolute Gasteiger partial charge is 0.392 e.